The van der Waals surface area contributed by atoms with E-state index in [1.165, 1.54) is 6.07 Å². The molecule has 82 valence electrons. The summed E-state index contributed by atoms with van der Waals surface area (Å²) in [6.07, 6.45) is 0. The molecule has 1 aromatic rings. The third-order valence-corrected chi connectivity index (χ3v) is 2.11. The van der Waals surface area contributed by atoms with Crippen LogP contribution in [0.3, 0.4) is 0 Å². The Morgan fingerprint density at radius 1 is 1.27 bits per heavy atom. The van der Waals surface area contributed by atoms with Crippen LogP contribution in [0.25, 0.3) is 0 Å². The van der Waals surface area contributed by atoms with Gasteiger partial charge < -0.3 is 4.74 Å². The molecular weight excluding hydrogens is 235 g/mol. The van der Waals surface area contributed by atoms with Gasteiger partial charge in [-0.05, 0) is 39.0 Å². The molecule has 0 radical (unpaired) electrons. The van der Waals surface area contributed by atoms with Gasteiger partial charge >= 0.3 is 5.97 Å². The lowest BCUT2D eigenvalue weighted by Gasteiger charge is -2.19. The summed E-state index contributed by atoms with van der Waals surface area (Å²) in [6, 6.07) is 4.69. The topological polar surface area (TPSA) is 26.3 Å². The van der Waals surface area contributed by atoms with Crippen molar-refractivity contribution in [3.05, 3.63) is 33.8 Å². The fraction of sp³-hybridized carbons (Fsp3) is 0.364. The number of esters is 1. The second-order valence-electron chi connectivity index (χ2n) is 4.13. The molecular formula is C11H12Cl2O2. The van der Waals surface area contributed by atoms with Crippen molar-refractivity contribution in [2.45, 2.75) is 26.4 Å². The minimum Gasteiger partial charge on any atom is -0.456 e. The Balaban J connectivity index is 2.96. The third-order valence-electron chi connectivity index (χ3n) is 1.55. The van der Waals surface area contributed by atoms with Gasteiger partial charge in [-0.25, -0.2) is 4.79 Å². The predicted octanol–water partition coefficient (Wildman–Crippen LogP) is 3.95. The van der Waals surface area contributed by atoms with E-state index in [1.807, 2.05) is 0 Å². The summed E-state index contributed by atoms with van der Waals surface area (Å²) in [5, 5.41) is 0.800. The van der Waals surface area contributed by atoms with Gasteiger partial charge in [-0.2, -0.15) is 0 Å². The van der Waals surface area contributed by atoms with Crippen LogP contribution >= 0.6 is 23.2 Å². The van der Waals surface area contributed by atoms with E-state index in [0.717, 1.165) is 0 Å². The van der Waals surface area contributed by atoms with Crippen molar-refractivity contribution in [3.8, 4) is 0 Å². The van der Waals surface area contributed by atoms with E-state index in [1.54, 1.807) is 32.9 Å². The number of hydrogen-bond acceptors (Lipinski definition) is 2. The summed E-state index contributed by atoms with van der Waals surface area (Å²) in [4.78, 5) is 11.7. The van der Waals surface area contributed by atoms with Crippen molar-refractivity contribution in [2.24, 2.45) is 0 Å². The lowest BCUT2D eigenvalue weighted by atomic mass is 10.1. The Morgan fingerprint density at radius 3 is 2.40 bits per heavy atom. The first-order valence-electron chi connectivity index (χ1n) is 4.48. The average molecular weight is 247 g/mol. The van der Waals surface area contributed by atoms with E-state index in [0.29, 0.717) is 15.6 Å². The lowest BCUT2D eigenvalue weighted by Crippen LogP contribution is -2.24. The summed E-state index contributed by atoms with van der Waals surface area (Å²) in [5.41, 5.74) is -0.248. The minimum atomic E-state index is -0.539. The number of ether oxygens (including phenoxy) is 1. The fourth-order valence-electron chi connectivity index (χ4n) is 0.987. The van der Waals surface area contributed by atoms with Crippen molar-refractivity contribution in [1.82, 2.24) is 0 Å². The molecule has 1 aromatic carbocycles. The second kappa shape index (κ2) is 4.42. The zero-order chi connectivity index (χ0) is 11.6. The van der Waals surface area contributed by atoms with Crippen molar-refractivity contribution in [3.63, 3.8) is 0 Å². The highest BCUT2D eigenvalue weighted by atomic mass is 35.5. The molecule has 0 saturated carbocycles. The molecule has 0 aliphatic rings. The maximum absolute atomic E-state index is 11.7. The Bertz CT molecular complexity index is 381. The summed E-state index contributed by atoms with van der Waals surface area (Å²) in [7, 11) is 0. The summed E-state index contributed by atoms with van der Waals surface area (Å²) < 4.78 is 5.18. The van der Waals surface area contributed by atoms with E-state index < -0.39 is 11.6 Å². The normalized spacial score (nSPS) is 11.3. The van der Waals surface area contributed by atoms with Gasteiger partial charge in [0.25, 0.3) is 0 Å². The Labute approximate surface area is 99.1 Å². The van der Waals surface area contributed by atoms with Gasteiger partial charge in [-0.1, -0.05) is 23.2 Å². The van der Waals surface area contributed by atoms with Gasteiger partial charge in [-0.3, -0.25) is 0 Å². The molecule has 1 rings (SSSR count). The highest BCUT2D eigenvalue weighted by molar-refractivity contribution is 6.35. The maximum Gasteiger partial charge on any atom is 0.340 e. The van der Waals surface area contributed by atoms with Gasteiger partial charge in [-0.15, -0.1) is 0 Å². The predicted molar refractivity (Wildman–Crippen MR) is 61.6 cm³/mol. The number of rotatable bonds is 1. The van der Waals surface area contributed by atoms with Crippen LogP contribution in [-0.2, 0) is 4.74 Å². The molecule has 0 aromatic heterocycles. The number of carbonyl (C=O) groups excluding carboxylic acids is 1. The highest BCUT2D eigenvalue weighted by Gasteiger charge is 2.19. The van der Waals surface area contributed by atoms with E-state index in [9.17, 15) is 4.79 Å². The molecule has 4 heteroatoms. The molecule has 0 amide bonds. The smallest absolute Gasteiger partial charge is 0.340 e. The SMILES string of the molecule is CC(C)(C)OC(=O)c1cc(Cl)ccc1Cl. The number of carbonyl (C=O) groups is 1. The zero-order valence-corrected chi connectivity index (χ0v) is 10.3. The summed E-state index contributed by atoms with van der Waals surface area (Å²) >= 11 is 11.6. The van der Waals surface area contributed by atoms with Gasteiger partial charge in [0.2, 0.25) is 0 Å². The van der Waals surface area contributed by atoms with Crippen LogP contribution in [0.5, 0.6) is 0 Å². The average Bonchev–Trinajstić information content (AvgIpc) is 2.06. The van der Waals surface area contributed by atoms with Crippen LogP contribution in [0.1, 0.15) is 31.1 Å². The first-order valence-corrected chi connectivity index (χ1v) is 5.23. The Kier molecular flexibility index (Phi) is 3.63. The molecule has 0 unspecified atom stereocenters. The van der Waals surface area contributed by atoms with E-state index >= 15 is 0 Å². The molecule has 0 atom stereocenters. The molecule has 2 nitrogen and oxygen atoms in total. The quantitative estimate of drug-likeness (QED) is 0.702. The van der Waals surface area contributed by atoms with Crippen LogP contribution in [0.15, 0.2) is 18.2 Å². The van der Waals surface area contributed by atoms with E-state index in [-0.39, 0.29) is 0 Å². The number of benzene rings is 1. The number of halogens is 2. The molecule has 15 heavy (non-hydrogen) atoms. The van der Waals surface area contributed by atoms with Crippen LogP contribution in [-0.4, -0.2) is 11.6 Å². The van der Waals surface area contributed by atoms with E-state index in [4.69, 9.17) is 27.9 Å². The van der Waals surface area contributed by atoms with Gasteiger partial charge in [0, 0.05) is 5.02 Å². The first kappa shape index (κ1) is 12.3. The largest absolute Gasteiger partial charge is 0.456 e. The lowest BCUT2D eigenvalue weighted by molar-refractivity contribution is 0.00698. The fourth-order valence-corrected chi connectivity index (χ4v) is 1.35. The third kappa shape index (κ3) is 3.73. The van der Waals surface area contributed by atoms with Gasteiger partial charge in [0.1, 0.15) is 5.60 Å². The molecule has 0 saturated heterocycles. The first-order chi connectivity index (χ1) is 6.79. The van der Waals surface area contributed by atoms with Crippen molar-refractivity contribution < 1.29 is 9.53 Å². The Morgan fingerprint density at radius 2 is 1.87 bits per heavy atom. The molecule has 0 spiro atoms. The van der Waals surface area contributed by atoms with Crippen LogP contribution in [0, 0.1) is 0 Å². The van der Waals surface area contributed by atoms with Gasteiger partial charge in [0.15, 0.2) is 0 Å². The molecule has 0 bridgehead atoms. The van der Waals surface area contributed by atoms with Crippen LogP contribution < -0.4 is 0 Å². The molecule has 0 aliphatic carbocycles. The highest BCUT2D eigenvalue weighted by Crippen LogP contribution is 2.23. The summed E-state index contributed by atoms with van der Waals surface area (Å²) in [5.74, 6) is -0.463. The monoisotopic (exact) mass is 246 g/mol. The van der Waals surface area contributed by atoms with Crippen molar-refractivity contribution in [2.75, 3.05) is 0 Å². The minimum absolute atomic E-state index is 0.291. The molecule has 0 aliphatic heterocycles. The van der Waals surface area contributed by atoms with E-state index in [2.05, 4.69) is 0 Å². The maximum atomic E-state index is 11.7. The Hall–Kier alpha value is -0.730. The molecule has 0 N–H and O–H groups in total. The second-order valence-corrected chi connectivity index (χ2v) is 4.97. The van der Waals surface area contributed by atoms with Crippen LogP contribution in [0.2, 0.25) is 10.0 Å². The molecule has 0 heterocycles. The van der Waals surface area contributed by atoms with Crippen LogP contribution in [0.4, 0.5) is 0 Å². The van der Waals surface area contributed by atoms with Gasteiger partial charge in [0.05, 0.1) is 10.6 Å². The standard InChI is InChI=1S/C11H12Cl2O2/c1-11(2,3)15-10(14)8-6-7(12)4-5-9(8)13/h4-6H,1-3H3. The summed E-state index contributed by atoms with van der Waals surface area (Å²) in [6.45, 7) is 5.38. The number of hydrogen-bond donors (Lipinski definition) is 0. The van der Waals surface area contributed by atoms with Crippen molar-refractivity contribution in [1.29, 1.82) is 0 Å². The molecule has 0 fully saturated rings. The van der Waals surface area contributed by atoms with Crippen molar-refractivity contribution >= 4 is 29.2 Å². The zero-order valence-electron chi connectivity index (χ0n) is 8.80.